The van der Waals surface area contributed by atoms with Crippen LogP contribution in [0.2, 0.25) is 1.41 Å². The zero-order valence-electron chi connectivity index (χ0n) is 19.8. The molecule has 0 radical (unpaired) electrons. The van der Waals surface area contributed by atoms with E-state index in [-0.39, 0.29) is 11.5 Å². The number of carboxylic acids is 2. The molecule has 3 saturated heterocycles. The maximum atomic E-state index is 11.8. The Morgan fingerprint density at radius 3 is 1.43 bits per heavy atom. The van der Waals surface area contributed by atoms with Crippen molar-refractivity contribution in [2.45, 2.75) is 64.4 Å². The van der Waals surface area contributed by atoms with Gasteiger partial charge in [-0.15, -0.1) is 23.5 Å². The van der Waals surface area contributed by atoms with Crippen molar-refractivity contribution in [2.75, 3.05) is 11.5 Å². The molecule has 0 aromatic heterocycles. The summed E-state index contributed by atoms with van der Waals surface area (Å²) in [5, 5.41) is 51.5. The Labute approximate surface area is 242 Å². The Morgan fingerprint density at radius 2 is 1.11 bits per heavy atom. The molecule has 0 amide bonds. The fraction of sp³-hybridized carbons (Fsp3) is 0.867. The maximum Gasteiger partial charge on any atom is 0.321 e. The summed E-state index contributed by atoms with van der Waals surface area (Å²) in [6.45, 7) is 0. The molecule has 16 nitrogen and oxygen atoms in total. The van der Waals surface area contributed by atoms with Crippen molar-refractivity contribution in [3.8, 4) is 0 Å². The summed E-state index contributed by atoms with van der Waals surface area (Å²) in [7, 11) is 0. The molecule has 0 bridgehead atoms. The molecule has 15 N–H and O–H groups in total. The molecule has 3 fully saturated rings. The molecule has 3 aliphatic rings. The second-order valence-electron chi connectivity index (χ2n) is 7.79. The lowest BCUT2D eigenvalue weighted by molar-refractivity contribution is -0.140. The average Bonchev–Trinajstić information content (AvgIpc) is 2.82. The van der Waals surface area contributed by atoms with Gasteiger partial charge in [0.2, 0.25) is 0 Å². The summed E-state index contributed by atoms with van der Waals surface area (Å²) >= 11 is 26.5. The molecule has 8 atom stereocenters. The highest BCUT2D eigenvalue weighted by molar-refractivity contribution is 8.00. The van der Waals surface area contributed by atoms with Crippen LogP contribution in [-0.4, -0.2) is 98.1 Å². The standard InChI is InChI=1S/C15H30Cl4N12O4S2/c16-7-23-8(17)26-12(25-7)21-3(5(32)33)1-36-14-29-11(20)30-15(31-14)37-2-4(6(34)35)22-13-27-9(18)24-10(19)28-13/h3-4,7-15,21-31H,1-2,20H2,(H,32,33)(H,34,35)/i/hD. The van der Waals surface area contributed by atoms with E-state index in [1.54, 1.807) is 0 Å². The molecule has 0 aliphatic carbocycles. The fourth-order valence-corrected chi connectivity index (χ4v) is 6.67. The molecular weight excluding hydrogens is 618 g/mol. The number of nitrogens with two attached hydrogens (primary N) is 1. The first-order chi connectivity index (χ1) is 18.0. The van der Waals surface area contributed by atoms with Crippen molar-refractivity contribution in [1.82, 2.24) is 58.5 Å². The van der Waals surface area contributed by atoms with Crippen molar-refractivity contribution in [1.29, 1.82) is 0 Å². The highest BCUT2D eigenvalue weighted by Gasteiger charge is 2.33. The second-order valence-corrected chi connectivity index (χ2v) is 11.8. The Kier molecular flexibility index (Phi) is 12.6. The van der Waals surface area contributed by atoms with E-state index >= 15 is 0 Å². The van der Waals surface area contributed by atoms with Gasteiger partial charge in [-0.3, -0.25) is 68.1 Å². The van der Waals surface area contributed by atoms with E-state index in [0.29, 0.717) is 0 Å². The summed E-state index contributed by atoms with van der Waals surface area (Å²) in [6, 6.07) is -1.96. The minimum absolute atomic E-state index is 0.126. The van der Waals surface area contributed by atoms with Crippen LogP contribution in [0.1, 0.15) is 0 Å². The minimum Gasteiger partial charge on any atom is -0.480 e. The predicted molar refractivity (Wildman–Crippen MR) is 144 cm³/mol. The molecule has 0 saturated carbocycles. The Morgan fingerprint density at radius 1 is 0.730 bits per heavy atom. The number of thioether (sulfide) groups is 2. The Hall–Kier alpha value is 0.320. The van der Waals surface area contributed by atoms with Crippen molar-refractivity contribution >= 4 is 81.9 Å². The van der Waals surface area contributed by atoms with Crippen molar-refractivity contribution in [2.24, 2.45) is 5.73 Å². The normalized spacial score (nSPS) is 38.9. The summed E-state index contributed by atoms with van der Waals surface area (Å²) in [4.78, 5) is 23.7. The summed E-state index contributed by atoms with van der Waals surface area (Å²) in [5.74, 6) is -1.91. The molecule has 0 aromatic carbocycles. The third-order valence-electron chi connectivity index (χ3n) is 4.97. The van der Waals surface area contributed by atoms with Crippen LogP contribution < -0.4 is 64.2 Å². The lowest BCUT2D eigenvalue weighted by Crippen LogP contribution is -2.71. The summed E-state index contributed by atoms with van der Waals surface area (Å²) in [6.07, 6.45) is -1.96. The van der Waals surface area contributed by atoms with Crippen LogP contribution in [0.4, 0.5) is 0 Å². The zero-order chi connectivity index (χ0) is 27.8. The first-order valence-corrected chi connectivity index (χ1v) is 14.7. The molecular formula is C15H30Cl4N12O4S2. The number of aliphatic carboxylic acids is 2. The van der Waals surface area contributed by atoms with Gasteiger partial charge >= 0.3 is 11.9 Å². The number of nitrogens with one attached hydrogen (secondary N) is 11. The summed E-state index contributed by atoms with van der Waals surface area (Å²) < 4.78 is 7.53. The summed E-state index contributed by atoms with van der Waals surface area (Å²) in [5.41, 5.74) is -1.28. The monoisotopic (exact) mass is 647 g/mol. The number of carbonyl (C=O) groups is 2. The van der Waals surface area contributed by atoms with Gasteiger partial charge in [0.1, 0.15) is 65.9 Å². The van der Waals surface area contributed by atoms with E-state index in [1.165, 1.54) is 23.5 Å². The van der Waals surface area contributed by atoms with E-state index < -0.39 is 76.4 Å². The topological polar surface area (TPSA) is 233 Å². The molecule has 0 spiro atoms. The molecule has 3 aliphatic heterocycles. The molecule has 3 rings (SSSR count). The van der Waals surface area contributed by atoms with Crippen LogP contribution in [0.3, 0.4) is 0 Å². The molecule has 22 heteroatoms. The van der Waals surface area contributed by atoms with Gasteiger partial charge in [-0.05, 0) is 0 Å². The number of halogens is 4. The smallest absolute Gasteiger partial charge is 0.321 e. The minimum atomic E-state index is -1.08. The first kappa shape index (κ1) is 30.3. The fourth-order valence-electron chi connectivity index (χ4n) is 3.27. The van der Waals surface area contributed by atoms with Crippen LogP contribution in [-0.2, 0) is 9.59 Å². The van der Waals surface area contributed by atoms with E-state index in [4.69, 9.17) is 47.8 Å². The van der Waals surface area contributed by atoms with Gasteiger partial charge < -0.3 is 15.9 Å². The lowest BCUT2D eigenvalue weighted by atomic mass is 10.3. The van der Waals surface area contributed by atoms with Crippen LogP contribution in [0, 0.1) is 0 Å². The largest absolute Gasteiger partial charge is 0.480 e. The van der Waals surface area contributed by atoms with Crippen LogP contribution in [0.5, 0.6) is 0 Å². The lowest BCUT2D eigenvalue weighted by Gasteiger charge is -2.38. The highest BCUT2D eigenvalue weighted by Crippen LogP contribution is 2.17. The van der Waals surface area contributed by atoms with Crippen LogP contribution in [0.25, 0.3) is 0 Å². The van der Waals surface area contributed by atoms with Crippen LogP contribution >= 0.6 is 69.9 Å². The Balaban J connectivity index is 1.51. The van der Waals surface area contributed by atoms with Gasteiger partial charge in [0, 0.05) is 11.5 Å². The maximum absolute atomic E-state index is 11.8. The van der Waals surface area contributed by atoms with Crippen molar-refractivity contribution < 1.29 is 21.2 Å². The van der Waals surface area contributed by atoms with E-state index in [0.717, 1.165) is 0 Å². The van der Waals surface area contributed by atoms with Gasteiger partial charge in [0.25, 0.3) is 0 Å². The number of hydrogen-bond donors (Lipinski definition) is 14. The van der Waals surface area contributed by atoms with Gasteiger partial charge in [0.15, 0.2) is 0 Å². The SMILES string of the molecule is [2H]NC1NC(SCC(NC2NC(Cl)NC(Cl)N2)C(=O)O)NC(SCC(NC2NC(Cl)NC(Cl)N2)C(=O)O)N1. The van der Waals surface area contributed by atoms with E-state index in [1.807, 2.05) is 0 Å². The van der Waals surface area contributed by atoms with Gasteiger partial charge in [-0.2, -0.15) is 0 Å². The van der Waals surface area contributed by atoms with Gasteiger partial charge in [-0.1, -0.05) is 46.4 Å². The number of rotatable bonds is 13. The molecule has 8 unspecified atom stereocenters. The van der Waals surface area contributed by atoms with Crippen molar-refractivity contribution in [3.05, 3.63) is 0 Å². The first-order valence-electron chi connectivity index (χ1n) is 11.3. The zero-order valence-corrected chi connectivity index (χ0v) is 23.5. The van der Waals surface area contributed by atoms with Crippen molar-refractivity contribution in [3.63, 3.8) is 0 Å². The average molecular weight is 649 g/mol. The van der Waals surface area contributed by atoms with E-state index in [9.17, 15) is 19.8 Å². The molecule has 37 heavy (non-hydrogen) atoms. The number of carboxylic acid groups (broad SMARTS) is 2. The number of alkyl halides is 4. The Bertz CT molecular complexity index is 717. The molecule has 214 valence electrons. The quantitative estimate of drug-likeness (QED) is 0.0681. The van der Waals surface area contributed by atoms with Gasteiger partial charge in [0.05, 0.1) is 0 Å². The number of hydrogen-bond acceptors (Lipinski definition) is 16. The third-order valence-corrected chi connectivity index (χ3v) is 8.24. The van der Waals surface area contributed by atoms with E-state index in [2.05, 4.69) is 64.2 Å². The second kappa shape index (κ2) is 15.4. The highest BCUT2D eigenvalue weighted by atomic mass is 35.5. The van der Waals surface area contributed by atoms with Gasteiger partial charge in [-0.25, -0.2) is 0 Å². The third kappa shape index (κ3) is 11.0. The molecule has 3 heterocycles. The predicted octanol–water partition coefficient (Wildman–Crippen LogP) is -3.65. The van der Waals surface area contributed by atoms with Crippen LogP contribution in [0.15, 0.2) is 0 Å². The molecule has 0 aromatic rings.